The van der Waals surface area contributed by atoms with Crippen LogP contribution in [0, 0.1) is 15.9 Å². The van der Waals surface area contributed by atoms with Crippen LogP contribution in [0.5, 0.6) is 0 Å². The van der Waals surface area contributed by atoms with Gasteiger partial charge in [-0.05, 0) is 29.8 Å². The molecule has 3 rings (SSSR count). The van der Waals surface area contributed by atoms with Gasteiger partial charge in [0.1, 0.15) is 11.2 Å². The molecular formula is C16H13FN2O3S. The van der Waals surface area contributed by atoms with Crippen LogP contribution in [0.3, 0.4) is 0 Å². The van der Waals surface area contributed by atoms with E-state index in [1.54, 1.807) is 28.8 Å². The predicted molar refractivity (Wildman–Crippen MR) is 85.7 cm³/mol. The number of carbonyl (C=O) groups is 1. The lowest BCUT2D eigenvalue weighted by Crippen LogP contribution is -2.30. The molecule has 5 nitrogen and oxygen atoms in total. The second-order valence-corrected chi connectivity index (χ2v) is 6.27. The smallest absolute Gasteiger partial charge is 0.269 e. The molecule has 0 bridgehead atoms. The van der Waals surface area contributed by atoms with Gasteiger partial charge in [-0.1, -0.05) is 12.1 Å². The number of nitrogens with zero attached hydrogens (tertiary/aromatic N) is 2. The lowest BCUT2D eigenvalue weighted by atomic mass is 10.1. The molecule has 1 fully saturated rings. The van der Waals surface area contributed by atoms with Crippen LogP contribution in [-0.2, 0) is 0 Å². The van der Waals surface area contributed by atoms with E-state index in [4.69, 9.17) is 0 Å². The molecule has 1 atom stereocenters. The van der Waals surface area contributed by atoms with Crippen molar-refractivity contribution in [2.45, 2.75) is 5.37 Å². The Morgan fingerprint density at radius 3 is 2.65 bits per heavy atom. The van der Waals surface area contributed by atoms with Crippen molar-refractivity contribution in [1.29, 1.82) is 0 Å². The summed E-state index contributed by atoms with van der Waals surface area (Å²) in [5, 5.41) is 10.4. The van der Waals surface area contributed by atoms with E-state index >= 15 is 0 Å². The maximum Gasteiger partial charge on any atom is 0.269 e. The highest BCUT2D eigenvalue weighted by atomic mass is 32.2. The quantitative estimate of drug-likeness (QED) is 0.636. The number of rotatable bonds is 3. The summed E-state index contributed by atoms with van der Waals surface area (Å²) in [5.41, 5.74) is 1.07. The van der Waals surface area contributed by atoms with Crippen molar-refractivity contribution >= 4 is 23.4 Å². The first-order valence-electron chi connectivity index (χ1n) is 6.99. The van der Waals surface area contributed by atoms with E-state index < -0.39 is 4.92 Å². The van der Waals surface area contributed by atoms with Crippen molar-refractivity contribution < 1.29 is 14.1 Å². The molecule has 1 aliphatic rings. The highest BCUT2D eigenvalue weighted by Crippen LogP contribution is 2.38. The van der Waals surface area contributed by atoms with Gasteiger partial charge in [-0.25, -0.2) is 4.39 Å². The Morgan fingerprint density at radius 2 is 2.00 bits per heavy atom. The minimum absolute atomic E-state index is 0.0565. The van der Waals surface area contributed by atoms with Gasteiger partial charge in [-0.15, -0.1) is 11.8 Å². The Kier molecular flexibility index (Phi) is 4.29. The number of hydrogen-bond donors (Lipinski definition) is 0. The number of carbonyl (C=O) groups excluding carboxylic acids is 1. The second kappa shape index (κ2) is 6.37. The Labute approximate surface area is 136 Å². The number of non-ortho nitro benzene ring substituents is 1. The number of thioether (sulfide) groups is 1. The Hall–Kier alpha value is -2.41. The van der Waals surface area contributed by atoms with Gasteiger partial charge in [-0.3, -0.25) is 14.9 Å². The molecule has 1 heterocycles. The standard InChI is InChI=1S/C16H13FN2O3S/c17-13-3-1-2-12(10-13)16-18(8-9-23-16)15(20)11-4-6-14(7-5-11)19(21)22/h1-7,10,16H,8-9H2/t16-/m0/s1. The molecule has 118 valence electrons. The molecule has 0 N–H and O–H groups in total. The van der Waals surface area contributed by atoms with Crippen molar-refractivity contribution in [3.8, 4) is 0 Å². The van der Waals surface area contributed by atoms with Gasteiger partial charge in [0.15, 0.2) is 0 Å². The van der Waals surface area contributed by atoms with Gasteiger partial charge < -0.3 is 4.90 Å². The fourth-order valence-corrected chi connectivity index (χ4v) is 3.75. The molecule has 23 heavy (non-hydrogen) atoms. The van der Waals surface area contributed by atoms with E-state index in [2.05, 4.69) is 0 Å². The molecule has 0 radical (unpaired) electrons. The molecule has 0 unspecified atom stereocenters. The van der Waals surface area contributed by atoms with Crippen molar-refractivity contribution in [1.82, 2.24) is 4.90 Å². The zero-order chi connectivity index (χ0) is 16.4. The third-order valence-electron chi connectivity index (χ3n) is 3.61. The fraction of sp³-hybridized carbons (Fsp3) is 0.188. The molecule has 7 heteroatoms. The van der Waals surface area contributed by atoms with Crippen LogP contribution in [0.15, 0.2) is 48.5 Å². The lowest BCUT2D eigenvalue weighted by Gasteiger charge is -2.24. The largest absolute Gasteiger partial charge is 0.322 e. The zero-order valence-electron chi connectivity index (χ0n) is 12.0. The number of nitro benzene ring substituents is 1. The minimum Gasteiger partial charge on any atom is -0.322 e. The maximum atomic E-state index is 13.4. The van der Waals surface area contributed by atoms with Gasteiger partial charge >= 0.3 is 0 Å². The average molecular weight is 332 g/mol. The van der Waals surface area contributed by atoms with Gasteiger partial charge in [0.25, 0.3) is 11.6 Å². The molecule has 2 aromatic carbocycles. The molecule has 1 saturated heterocycles. The van der Waals surface area contributed by atoms with E-state index in [1.807, 2.05) is 0 Å². The Morgan fingerprint density at radius 1 is 1.26 bits per heavy atom. The molecule has 2 aromatic rings. The Balaban J connectivity index is 1.84. The van der Waals surface area contributed by atoms with Gasteiger partial charge in [0, 0.05) is 30.0 Å². The van der Waals surface area contributed by atoms with Crippen LogP contribution in [0.4, 0.5) is 10.1 Å². The van der Waals surface area contributed by atoms with E-state index in [1.165, 1.54) is 36.4 Å². The highest BCUT2D eigenvalue weighted by Gasteiger charge is 2.31. The summed E-state index contributed by atoms with van der Waals surface area (Å²) < 4.78 is 13.4. The van der Waals surface area contributed by atoms with Gasteiger partial charge in [0.2, 0.25) is 0 Å². The molecule has 0 saturated carbocycles. The van der Waals surface area contributed by atoms with E-state index in [0.29, 0.717) is 12.1 Å². The summed E-state index contributed by atoms with van der Waals surface area (Å²) in [5.74, 6) is 0.219. The number of nitro groups is 1. The number of benzene rings is 2. The topological polar surface area (TPSA) is 63.4 Å². The monoisotopic (exact) mass is 332 g/mol. The van der Waals surface area contributed by atoms with Crippen LogP contribution in [0.2, 0.25) is 0 Å². The fourth-order valence-electron chi connectivity index (χ4n) is 2.51. The van der Waals surface area contributed by atoms with Crippen LogP contribution in [0.1, 0.15) is 21.3 Å². The molecule has 0 spiro atoms. The first kappa shape index (κ1) is 15.5. The Bertz CT molecular complexity index is 751. The second-order valence-electron chi connectivity index (χ2n) is 5.08. The summed E-state index contributed by atoms with van der Waals surface area (Å²) in [7, 11) is 0. The van der Waals surface area contributed by atoms with Gasteiger partial charge in [0.05, 0.1) is 4.92 Å². The van der Waals surface area contributed by atoms with Crippen molar-refractivity contribution in [2.24, 2.45) is 0 Å². The summed E-state index contributed by atoms with van der Waals surface area (Å²) in [6.45, 7) is 0.557. The molecule has 0 aromatic heterocycles. The molecule has 1 amide bonds. The molecule has 1 aliphatic heterocycles. The number of amides is 1. The van der Waals surface area contributed by atoms with Gasteiger partial charge in [-0.2, -0.15) is 0 Å². The average Bonchev–Trinajstić information content (AvgIpc) is 3.04. The third-order valence-corrected chi connectivity index (χ3v) is 4.87. The minimum atomic E-state index is -0.504. The SMILES string of the molecule is O=C(c1ccc([N+](=O)[O-])cc1)N1CCS[C@H]1c1cccc(F)c1. The summed E-state index contributed by atoms with van der Waals surface area (Å²) >= 11 is 1.57. The first-order chi connectivity index (χ1) is 11.1. The summed E-state index contributed by atoms with van der Waals surface area (Å²) in [6.07, 6.45) is 0. The van der Waals surface area contributed by atoms with Crippen LogP contribution >= 0.6 is 11.8 Å². The van der Waals surface area contributed by atoms with E-state index in [9.17, 15) is 19.3 Å². The maximum absolute atomic E-state index is 13.4. The lowest BCUT2D eigenvalue weighted by molar-refractivity contribution is -0.384. The predicted octanol–water partition coefficient (Wildman–Crippen LogP) is 3.62. The van der Waals surface area contributed by atoms with Crippen LogP contribution in [-0.4, -0.2) is 28.0 Å². The first-order valence-corrected chi connectivity index (χ1v) is 8.03. The highest BCUT2D eigenvalue weighted by molar-refractivity contribution is 7.99. The van der Waals surface area contributed by atoms with Crippen molar-refractivity contribution in [3.05, 3.63) is 75.6 Å². The van der Waals surface area contributed by atoms with Crippen molar-refractivity contribution in [2.75, 3.05) is 12.3 Å². The van der Waals surface area contributed by atoms with E-state index in [-0.39, 0.29) is 22.8 Å². The summed E-state index contributed by atoms with van der Waals surface area (Å²) in [6, 6.07) is 11.7. The van der Waals surface area contributed by atoms with E-state index in [0.717, 1.165) is 11.3 Å². The van der Waals surface area contributed by atoms with Crippen molar-refractivity contribution in [3.63, 3.8) is 0 Å². The third kappa shape index (κ3) is 3.19. The van der Waals surface area contributed by atoms with Crippen LogP contribution < -0.4 is 0 Å². The number of hydrogen-bond acceptors (Lipinski definition) is 4. The normalized spacial score (nSPS) is 17.3. The molecular weight excluding hydrogens is 319 g/mol. The summed E-state index contributed by atoms with van der Waals surface area (Å²) in [4.78, 5) is 24.5. The number of halogens is 1. The van der Waals surface area contributed by atoms with Crippen LogP contribution in [0.25, 0.3) is 0 Å². The molecule has 0 aliphatic carbocycles. The zero-order valence-corrected chi connectivity index (χ0v) is 12.8.